The van der Waals surface area contributed by atoms with Crippen molar-refractivity contribution in [1.29, 1.82) is 0 Å². The molecule has 0 aromatic carbocycles. The largest absolute Gasteiger partial charge is 0.396 e. The quantitative estimate of drug-likeness (QED) is 0.246. The van der Waals surface area contributed by atoms with Gasteiger partial charge in [0.1, 0.15) is 18.3 Å². The number of aliphatic hydroxyl groups is 7. The number of hydrogen-bond donors (Lipinski definition) is 8. The fraction of sp³-hybridized carbons (Fsp3) is 0.786. The van der Waals surface area contributed by atoms with Crippen molar-refractivity contribution < 1.29 is 35.7 Å². The van der Waals surface area contributed by atoms with Crippen molar-refractivity contribution in [2.45, 2.75) is 49.0 Å². The van der Waals surface area contributed by atoms with E-state index in [4.69, 9.17) is 0 Å². The first-order valence-electron chi connectivity index (χ1n) is 7.32. The second-order valence-electron chi connectivity index (χ2n) is 5.98. The lowest BCUT2D eigenvalue weighted by atomic mass is 9.80. The van der Waals surface area contributed by atoms with Gasteiger partial charge in [-0.1, -0.05) is 6.08 Å². The second-order valence-corrected chi connectivity index (χ2v) is 5.98. The maximum atomic E-state index is 10.0. The molecule has 0 spiro atoms. The summed E-state index contributed by atoms with van der Waals surface area (Å²) in [6.45, 7) is -0.728. The van der Waals surface area contributed by atoms with Crippen LogP contribution in [-0.4, -0.2) is 91.6 Å². The number of nitrogens with one attached hydrogen (secondary N) is 1. The molecule has 2 aliphatic carbocycles. The Labute approximate surface area is 128 Å². The summed E-state index contributed by atoms with van der Waals surface area (Å²) in [5, 5.41) is 70.4. The third-order valence-corrected chi connectivity index (χ3v) is 4.46. The van der Waals surface area contributed by atoms with Crippen LogP contribution in [0.3, 0.4) is 0 Å². The van der Waals surface area contributed by atoms with Crippen LogP contribution in [0.1, 0.15) is 6.42 Å². The molecule has 1 fully saturated rings. The topological polar surface area (TPSA) is 154 Å². The monoisotopic (exact) mass is 318 g/mol. The average Bonchev–Trinajstić information content (AvgIpc) is 2.51. The maximum absolute atomic E-state index is 10.0. The molecule has 8 atom stereocenters. The second kappa shape index (κ2) is 7.33. The first-order chi connectivity index (χ1) is 10.4. The zero-order valence-electron chi connectivity index (χ0n) is 12.0. The third kappa shape index (κ3) is 3.50. The summed E-state index contributed by atoms with van der Waals surface area (Å²) >= 11 is 0. The van der Waals surface area contributed by atoms with Gasteiger partial charge in [-0.2, -0.15) is 0 Å². The van der Waals surface area contributed by atoms with Gasteiger partial charge in [0.2, 0.25) is 0 Å². The van der Waals surface area contributed by atoms with Gasteiger partial charge in [0, 0.05) is 25.0 Å². The third-order valence-electron chi connectivity index (χ3n) is 4.46. The highest BCUT2D eigenvalue weighted by atomic mass is 16.4. The molecular formula is C14H24NO7. The molecule has 1 radical (unpaired) electrons. The first-order valence-corrected chi connectivity index (χ1v) is 7.32. The molecule has 0 bridgehead atoms. The Hall–Kier alpha value is -0.580. The van der Waals surface area contributed by atoms with Gasteiger partial charge < -0.3 is 41.1 Å². The Bertz CT molecular complexity index is 405. The van der Waals surface area contributed by atoms with Crippen molar-refractivity contribution >= 4 is 0 Å². The van der Waals surface area contributed by atoms with Crippen LogP contribution in [-0.2, 0) is 0 Å². The SMILES string of the molecule is OCC1=CC(NC2[CH]C(O)C(O)C(CO)C2)C(O)C(O)C1O. The van der Waals surface area contributed by atoms with Crippen molar-refractivity contribution in [2.75, 3.05) is 13.2 Å². The molecule has 2 aliphatic rings. The molecule has 0 amide bonds. The molecule has 8 heteroatoms. The lowest BCUT2D eigenvalue weighted by molar-refractivity contribution is -0.0704. The molecule has 8 nitrogen and oxygen atoms in total. The molecular weight excluding hydrogens is 294 g/mol. The Morgan fingerprint density at radius 2 is 1.68 bits per heavy atom. The lowest BCUT2D eigenvalue weighted by Gasteiger charge is -2.40. The minimum Gasteiger partial charge on any atom is -0.396 e. The van der Waals surface area contributed by atoms with Crippen LogP contribution in [0.15, 0.2) is 11.6 Å². The standard InChI is InChI=1S/C14H24NO7/c16-4-6-1-8(3-10(18)11(6)19)15-9-2-7(5-17)12(20)14(22)13(9)21/h2-3,6,8-22H,1,4-5H2. The molecule has 22 heavy (non-hydrogen) atoms. The Kier molecular flexibility index (Phi) is 5.92. The van der Waals surface area contributed by atoms with Gasteiger partial charge in [0.15, 0.2) is 0 Å². The van der Waals surface area contributed by atoms with Crippen molar-refractivity contribution in [2.24, 2.45) is 5.92 Å². The van der Waals surface area contributed by atoms with E-state index in [-0.39, 0.29) is 12.2 Å². The van der Waals surface area contributed by atoms with Crippen molar-refractivity contribution in [1.82, 2.24) is 5.32 Å². The molecule has 2 rings (SSSR count). The predicted octanol–water partition coefficient (Wildman–Crippen LogP) is -3.73. The van der Waals surface area contributed by atoms with E-state index in [0.29, 0.717) is 6.42 Å². The number of aliphatic hydroxyl groups excluding tert-OH is 7. The average molecular weight is 318 g/mol. The van der Waals surface area contributed by atoms with Crippen LogP contribution in [0, 0.1) is 12.3 Å². The smallest absolute Gasteiger partial charge is 0.111 e. The molecule has 0 aliphatic heterocycles. The summed E-state index contributed by atoms with van der Waals surface area (Å²) in [6, 6.07) is -1.14. The molecule has 0 saturated heterocycles. The number of hydrogen-bond acceptors (Lipinski definition) is 8. The van der Waals surface area contributed by atoms with Crippen LogP contribution in [0.4, 0.5) is 0 Å². The first kappa shape index (κ1) is 17.8. The molecule has 1 saturated carbocycles. The predicted molar refractivity (Wildman–Crippen MR) is 75.4 cm³/mol. The van der Waals surface area contributed by atoms with Crippen molar-refractivity contribution in [3.63, 3.8) is 0 Å². The summed E-state index contributed by atoms with van der Waals surface area (Å²) in [5.41, 5.74) is 0.199. The fourth-order valence-electron chi connectivity index (χ4n) is 3.07. The van der Waals surface area contributed by atoms with Gasteiger partial charge in [-0.3, -0.25) is 0 Å². The van der Waals surface area contributed by atoms with Crippen molar-refractivity contribution in [3.8, 4) is 0 Å². The minimum atomic E-state index is -1.43. The van der Waals surface area contributed by atoms with Gasteiger partial charge in [0.05, 0.1) is 24.9 Å². The summed E-state index contributed by atoms with van der Waals surface area (Å²) in [7, 11) is 0. The van der Waals surface area contributed by atoms with Crippen LogP contribution in [0.2, 0.25) is 0 Å². The maximum Gasteiger partial charge on any atom is 0.111 e. The van der Waals surface area contributed by atoms with Crippen LogP contribution in [0.5, 0.6) is 0 Å². The highest BCUT2D eigenvalue weighted by Crippen LogP contribution is 2.27. The van der Waals surface area contributed by atoms with E-state index in [9.17, 15) is 35.7 Å². The van der Waals surface area contributed by atoms with E-state index in [1.807, 2.05) is 0 Å². The summed E-state index contributed by atoms with van der Waals surface area (Å²) in [5.74, 6) is -0.505. The zero-order valence-corrected chi connectivity index (χ0v) is 12.0. The van der Waals surface area contributed by atoms with Gasteiger partial charge >= 0.3 is 0 Å². The van der Waals surface area contributed by atoms with E-state index in [2.05, 4.69) is 5.32 Å². The van der Waals surface area contributed by atoms with Gasteiger partial charge in [-0.25, -0.2) is 0 Å². The van der Waals surface area contributed by atoms with Gasteiger partial charge in [0.25, 0.3) is 0 Å². The van der Waals surface area contributed by atoms with E-state index in [0.717, 1.165) is 0 Å². The minimum absolute atomic E-state index is 0.199. The molecule has 0 aromatic rings. The van der Waals surface area contributed by atoms with E-state index in [1.54, 1.807) is 0 Å². The lowest BCUT2D eigenvalue weighted by Crippen LogP contribution is -2.58. The molecule has 8 N–H and O–H groups in total. The van der Waals surface area contributed by atoms with Gasteiger partial charge in [-0.05, 0) is 12.0 Å². The van der Waals surface area contributed by atoms with E-state index >= 15 is 0 Å². The van der Waals surface area contributed by atoms with Crippen LogP contribution in [0.25, 0.3) is 0 Å². The Balaban J connectivity index is 2.07. The van der Waals surface area contributed by atoms with Crippen molar-refractivity contribution in [3.05, 3.63) is 18.1 Å². The van der Waals surface area contributed by atoms with Gasteiger partial charge in [-0.15, -0.1) is 0 Å². The highest BCUT2D eigenvalue weighted by Gasteiger charge is 2.40. The molecule has 0 heterocycles. The van der Waals surface area contributed by atoms with Crippen LogP contribution >= 0.6 is 0 Å². The normalized spacial score (nSPS) is 46.4. The summed E-state index contributed by atoms with van der Waals surface area (Å²) < 4.78 is 0. The zero-order chi connectivity index (χ0) is 16.4. The number of rotatable bonds is 4. The molecule has 127 valence electrons. The van der Waals surface area contributed by atoms with E-state index < -0.39 is 55.1 Å². The molecule has 8 unspecified atom stereocenters. The van der Waals surface area contributed by atoms with Crippen LogP contribution < -0.4 is 5.32 Å². The Morgan fingerprint density at radius 3 is 2.27 bits per heavy atom. The highest BCUT2D eigenvalue weighted by molar-refractivity contribution is 5.22. The Morgan fingerprint density at radius 1 is 1.00 bits per heavy atom. The fourth-order valence-corrected chi connectivity index (χ4v) is 3.07. The summed E-state index contributed by atoms with van der Waals surface area (Å²) in [6.07, 6.45) is -2.94. The van der Waals surface area contributed by atoms with E-state index in [1.165, 1.54) is 12.5 Å². The molecule has 0 aromatic heterocycles. The summed E-state index contributed by atoms with van der Waals surface area (Å²) in [4.78, 5) is 0.